The Balaban J connectivity index is 1.71. The van der Waals surface area contributed by atoms with Gasteiger partial charge in [-0.15, -0.1) is 0 Å². The summed E-state index contributed by atoms with van der Waals surface area (Å²) in [6.07, 6.45) is 0.838. The summed E-state index contributed by atoms with van der Waals surface area (Å²) in [7, 11) is 0. The zero-order valence-corrected chi connectivity index (χ0v) is 16.2. The van der Waals surface area contributed by atoms with Gasteiger partial charge in [-0.25, -0.2) is 0 Å². The molecule has 1 amide bonds. The van der Waals surface area contributed by atoms with E-state index in [0.717, 1.165) is 12.1 Å². The van der Waals surface area contributed by atoms with Gasteiger partial charge in [-0.05, 0) is 49.2 Å². The Morgan fingerprint density at radius 2 is 1.74 bits per heavy atom. The quantitative estimate of drug-likeness (QED) is 0.513. The molecule has 136 valence electrons. The van der Waals surface area contributed by atoms with Crippen LogP contribution in [0.4, 0.5) is 5.69 Å². The van der Waals surface area contributed by atoms with Gasteiger partial charge in [-0.2, -0.15) is 0 Å². The summed E-state index contributed by atoms with van der Waals surface area (Å²) in [5, 5.41) is 0.946. The van der Waals surface area contributed by atoms with Crippen molar-refractivity contribution in [3.05, 3.63) is 87.9 Å². The van der Waals surface area contributed by atoms with Crippen LogP contribution in [0.5, 0.6) is 11.5 Å². The van der Waals surface area contributed by atoms with Crippen molar-refractivity contribution in [3.8, 4) is 11.5 Å². The lowest BCUT2D eigenvalue weighted by atomic mass is 10.1. The topological polar surface area (TPSA) is 29.5 Å². The highest BCUT2D eigenvalue weighted by Crippen LogP contribution is 2.37. The van der Waals surface area contributed by atoms with Crippen molar-refractivity contribution in [1.82, 2.24) is 0 Å². The van der Waals surface area contributed by atoms with E-state index in [2.05, 4.69) is 13.0 Å². The van der Waals surface area contributed by atoms with E-state index in [1.54, 1.807) is 30.3 Å². The third kappa shape index (κ3) is 3.41. The van der Waals surface area contributed by atoms with E-state index in [1.807, 2.05) is 35.2 Å². The molecule has 27 heavy (non-hydrogen) atoms. The number of carbonyl (C=O) groups excluding carboxylic acids is 1. The lowest BCUT2D eigenvalue weighted by molar-refractivity contribution is 0.0979. The molecule has 0 saturated heterocycles. The summed E-state index contributed by atoms with van der Waals surface area (Å²) >= 11 is 12.3. The first-order chi connectivity index (χ1) is 13.0. The van der Waals surface area contributed by atoms with Gasteiger partial charge in [0.25, 0.3) is 5.91 Å². The number of anilines is 1. The molecule has 1 heterocycles. The Morgan fingerprint density at radius 3 is 2.59 bits per heavy atom. The smallest absolute Gasteiger partial charge is 0.262 e. The Morgan fingerprint density at radius 1 is 1.00 bits per heavy atom. The van der Waals surface area contributed by atoms with Crippen molar-refractivity contribution in [2.75, 3.05) is 4.90 Å². The van der Waals surface area contributed by atoms with Gasteiger partial charge >= 0.3 is 0 Å². The molecule has 1 unspecified atom stereocenters. The minimum absolute atomic E-state index is 0.0812. The molecule has 5 heteroatoms. The highest BCUT2D eigenvalue weighted by Gasteiger charge is 2.32. The number of benzene rings is 3. The largest absolute Gasteiger partial charge is 0.455 e. The standard InChI is InChI=1S/C22H17Cl2NO2/c1-14-12-15-6-2-4-8-19(15)25(14)22(26)17-7-3-5-9-20(17)27-21-13-16(23)10-11-18(21)24/h2-11,13-14H,12H2,1H3. The summed E-state index contributed by atoms with van der Waals surface area (Å²) in [5.74, 6) is 0.767. The van der Waals surface area contributed by atoms with Crippen LogP contribution in [-0.4, -0.2) is 11.9 Å². The van der Waals surface area contributed by atoms with Crippen molar-refractivity contribution in [2.45, 2.75) is 19.4 Å². The zero-order valence-electron chi connectivity index (χ0n) is 14.7. The fourth-order valence-electron chi connectivity index (χ4n) is 3.41. The fraction of sp³-hybridized carbons (Fsp3) is 0.136. The van der Waals surface area contributed by atoms with Crippen molar-refractivity contribution >= 4 is 34.8 Å². The van der Waals surface area contributed by atoms with Crippen molar-refractivity contribution in [1.29, 1.82) is 0 Å². The molecule has 0 saturated carbocycles. The van der Waals surface area contributed by atoms with Crippen LogP contribution in [0.25, 0.3) is 0 Å². The summed E-state index contributed by atoms with van der Waals surface area (Å²) < 4.78 is 5.96. The van der Waals surface area contributed by atoms with Crippen LogP contribution in [0.15, 0.2) is 66.7 Å². The van der Waals surface area contributed by atoms with E-state index in [4.69, 9.17) is 27.9 Å². The van der Waals surface area contributed by atoms with Gasteiger partial charge in [0.1, 0.15) is 11.5 Å². The second-order valence-electron chi connectivity index (χ2n) is 6.53. The van der Waals surface area contributed by atoms with Gasteiger partial charge < -0.3 is 9.64 Å². The van der Waals surface area contributed by atoms with E-state index in [1.165, 1.54) is 5.56 Å². The van der Waals surface area contributed by atoms with Crippen LogP contribution in [0, 0.1) is 0 Å². The van der Waals surface area contributed by atoms with Gasteiger partial charge in [0.2, 0.25) is 0 Å². The average molecular weight is 398 g/mol. The number of para-hydroxylation sites is 2. The van der Waals surface area contributed by atoms with Gasteiger partial charge in [0, 0.05) is 22.8 Å². The van der Waals surface area contributed by atoms with Crippen molar-refractivity contribution < 1.29 is 9.53 Å². The minimum atomic E-state index is -0.0961. The zero-order chi connectivity index (χ0) is 19.0. The predicted molar refractivity (Wildman–Crippen MR) is 109 cm³/mol. The first kappa shape index (κ1) is 17.9. The molecule has 0 aliphatic carbocycles. The molecular weight excluding hydrogens is 381 g/mol. The van der Waals surface area contributed by atoms with Crippen molar-refractivity contribution in [3.63, 3.8) is 0 Å². The number of hydrogen-bond donors (Lipinski definition) is 0. The molecule has 4 rings (SSSR count). The molecule has 3 aromatic carbocycles. The number of amides is 1. The second kappa shape index (κ2) is 7.26. The molecule has 0 radical (unpaired) electrons. The summed E-state index contributed by atoms with van der Waals surface area (Å²) in [6, 6.07) is 20.2. The Bertz CT molecular complexity index is 1020. The maximum absolute atomic E-state index is 13.4. The highest BCUT2D eigenvalue weighted by atomic mass is 35.5. The number of fused-ring (bicyclic) bond motifs is 1. The monoisotopic (exact) mass is 397 g/mol. The maximum Gasteiger partial charge on any atom is 0.262 e. The Hall–Kier alpha value is -2.49. The first-order valence-electron chi connectivity index (χ1n) is 8.68. The van der Waals surface area contributed by atoms with Crippen LogP contribution in [0.2, 0.25) is 10.0 Å². The summed E-state index contributed by atoms with van der Waals surface area (Å²) in [4.78, 5) is 15.2. The van der Waals surface area contributed by atoms with Crippen molar-refractivity contribution in [2.24, 2.45) is 0 Å². The predicted octanol–water partition coefficient (Wildman–Crippen LogP) is 6.38. The first-order valence-corrected chi connectivity index (χ1v) is 9.43. The summed E-state index contributed by atoms with van der Waals surface area (Å²) in [5.41, 5.74) is 2.61. The molecule has 0 bridgehead atoms. The number of hydrogen-bond acceptors (Lipinski definition) is 2. The molecule has 1 aliphatic rings. The van der Waals surface area contributed by atoms with E-state index in [9.17, 15) is 4.79 Å². The minimum Gasteiger partial charge on any atom is -0.455 e. The molecule has 0 aromatic heterocycles. The van der Waals surface area contributed by atoms with Gasteiger partial charge in [0.15, 0.2) is 0 Å². The average Bonchev–Trinajstić information content (AvgIpc) is 3.00. The SMILES string of the molecule is CC1Cc2ccccc2N1C(=O)c1ccccc1Oc1cc(Cl)ccc1Cl. The lowest BCUT2D eigenvalue weighted by Gasteiger charge is -2.24. The lowest BCUT2D eigenvalue weighted by Crippen LogP contribution is -2.35. The van der Waals surface area contributed by atoms with Crippen LogP contribution >= 0.6 is 23.2 Å². The van der Waals surface area contributed by atoms with Crippen LogP contribution < -0.4 is 9.64 Å². The van der Waals surface area contributed by atoms with Gasteiger partial charge in [-0.3, -0.25) is 4.79 Å². The summed E-state index contributed by atoms with van der Waals surface area (Å²) in [6.45, 7) is 2.05. The Labute approximate surface area is 168 Å². The number of halogens is 2. The van der Waals surface area contributed by atoms with Gasteiger partial charge in [0.05, 0.1) is 10.6 Å². The molecule has 0 fully saturated rings. The molecular formula is C22H17Cl2NO2. The van der Waals surface area contributed by atoms with E-state index < -0.39 is 0 Å². The van der Waals surface area contributed by atoms with Crippen LogP contribution in [0.1, 0.15) is 22.8 Å². The maximum atomic E-state index is 13.4. The van der Waals surface area contributed by atoms with Gasteiger partial charge in [-0.1, -0.05) is 53.5 Å². The second-order valence-corrected chi connectivity index (χ2v) is 7.37. The molecule has 1 aliphatic heterocycles. The number of ether oxygens (including phenoxy) is 1. The van der Waals surface area contributed by atoms with Crippen LogP contribution in [-0.2, 0) is 6.42 Å². The van der Waals surface area contributed by atoms with E-state index in [0.29, 0.717) is 27.1 Å². The number of carbonyl (C=O) groups is 1. The highest BCUT2D eigenvalue weighted by molar-refractivity contribution is 6.34. The third-order valence-corrected chi connectivity index (χ3v) is 5.20. The molecule has 0 N–H and O–H groups in total. The molecule has 3 nitrogen and oxygen atoms in total. The normalized spacial score (nSPS) is 15.5. The molecule has 0 spiro atoms. The molecule has 3 aromatic rings. The molecule has 1 atom stereocenters. The third-order valence-electron chi connectivity index (χ3n) is 4.66. The van der Waals surface area contributed by atoms with Crippen LogP contribution in [0.3, 0.4) is 0 Å². The van der Waals surface area contributed by atoms with E-state index in [-0.39, 0.29) is 11.9 Å². The number of nitrogens with zero attached hydrogens (tertiary/aromatic N) is 1. The van der Waals surface area contributed by atoms with E-state index >= 15 is 0 Å². The fourth-order valence-corrected chi connectivity index (χ4v) is 3.73. The number of rotatable bonds is 3. The Kier molecular flexibility index (Phi) is 4.81.